The van der Waals surface area contributed by atoms with Crippen LogP contribution in [0.1, 0.15) is 5.82 Å². The summed E-state index contributed by atoms with van der Waals surface area (Å²) in [5.74, 6) is -1.69. The predicted octanol–water partition coefficient (Wildman–Crippen LogP) is 1.10. The van der Waals surface area contributed by atoms with Gasteiger partial charge in [-0.1, -0.05) is 11.8 Å². The molecule has 90 valence electrons. The van der Waals surface area contributed by atoms with E-state index in [1.807, 2.05) is 0 Å². The molecular weight excluding hydrogens is 247 g/mol. The quantitative estimate of drug-likeness (QED) is 0.816. The van der Waals surface area contributed by atoms with E-state index in [4.69, 9.17) is 5.11 Å². The summed E-state index contributed by atoms with van der Waals surface area (Å²) in [6, 6.07) is 0. The minimum Gasteiger partial charge on any atom is -0.481 e. The fourth-order valence-electron chi connectivity index (χ4n) is 0.927. The molecule has 0 atom stereocenters. The number of carboxylic acids is 1. The third-order valence-corrected chi connectivity index (χ3v) is 2.46. The topological polar surface area (TPSA) is 68.0 Å². The molecular formula is C7H8F3N3O2S. The van der Waals surface area contributed by atoms with E-state index in [2.05, 4.69) is 10.1 Å². The molecule has 9 heteroatoms. The monoisotopic (exact) mass is 255 g/mol. The van der Waals surface area contributed by atoms with Gasteiger partial charge in [0, 0.05) is 7.05 Å². The third kappa shape index (κ3) is 4.09. The third-order valence-electron chi connectivity index (χ3n) is 1.45. The maximum absolute atomic E-state index is 12.0. The van der Waals surface area contributed by atoms with Crippen molar-refractivity contribution in [2.45, 2.75) is 17.8 Å². The number of rotatable bonds is 4. The van der Waals surface area contributed by atoms with Crippen molar-refractivity contribution in [1.82, 2.24) is 14.8 Å². The van der Waals surface area contributed by atoms with Crippen molar-refractivity contribution >= 4 is 17.7 Å². The Hall–Kier alpha value is -1.25. The number of halogens is 3. The average Bonchev–Trinajstić information content (AvgIpc) is 2.39. The molecule has 0 saturated heterocycles. The Bertz CT molecular complexity index is 391. The summed E-state index contributed by atoms with van der Waals surface area (Å²) >= 11 is 0.824. The second kappa shape index (κ2) is 4.73. The van der Waals surface area contributed by atoms with Crippen molar-refractivity contribution in [2.24, 2.45) is 7.05 Å². The lowest BCUT2D eigenvalue weighted by Gasteiger charge is -2.00. The minimum atomic E-state index is -4.36. The molecule has 0 aliphatic rings. The molecule has 1 aromatic rings. The number of aliphatic carboxylic acids is 1. The van der Waals surface area contributed by atoms with E-state index in [1.165, 1.54) is 7.05 Å². The van der Waals surface area contributed by atoms with Crippen molar-refractivity contribution in [2.75, 3.05) is 5.75 Å². The number of alkyl halides is 3. The van der Waals surface area contributed by atoms with Gasteiger partial charge in [0.05, 0.1) is 5.75 Å². The molecule has 0 bridgehead atoms. The van der Waals surface area contributed by atoms with Crippen LogP contribution in [0.25, 0.3) is 0 Å². The average molecular weight is 255 g/mol. The summed E-state index contributed by atoms with van der Waals surface area (Å²) in [7, 11) is 1.41. The maximum atomic E-state index is 12.0. The molecule has 1 rings (SSSR count). The fourth-order valence-corrected chi connectivity index (χ4v) is 1.58. The van der Waals surface area contributed by atoms with Gasteiger partial charge in [-0.25, -0.2) is 9.67 Å². The summed E-state index contributed by atoms with van der Waals surface area (Å²) in [5, 5.41) is 12.1. The van der Waals surface area contributed by atoms with Gasteiger partial charge in [0.2, 0.25) is 0 Å². The number of thioether (sulfide) groups is 1. The number of carbonyl (C=O) groups is 1. The van der Waals surface area contributed by atoms with Gasteiger partial charge in [-0.2, -0.15) is 18.3 Å². The molecule has 1 heterocycles. The van der Waals surface area contributed by atoms with E-state index in [-0.39, 0.29) is 16.7 Å². The van der Waals surface area contributed by atoms with Crippen LogP contribution in [0, 0.1) is 0 Å². The van der Waals surface area contributed by atoms with Crippen LogP contribution >= 0.6 is 11.8 Å². The van der Waals surface area contributed by atoms with Crippen LogP contribution in [0.5, 0.6) is 0 Å². The zero-order chi connectivity index (χ0) is 12.3. The number of aryl methyl sites for hydroxylation is 1. The summed E-state index contributed by atoms with van der Waals surface area (Å²) < 4.78 is 37.2. The lowest BCUT2D eigenvalue weighted by atomic mass is 10.4. The van der Waals surface area contributed by atoms with Gasteiger partial charge in [-0.15, -0.1) is 0 Å². The number of hydrogen-bond donors (Lipinski definition) is 1. The lowest BCUT2D eigenvalue weighted by Crippen LogP contribution is -2.12. The first-order valence-corrected chi connectivity index (χ1v) is 5.08. The highest BCUT2D eigenvalue weighted by atomic mass is 32.2. The van der Waals surface area contributed by atoms with Gasteiger partial charge in [0.1, 0.15) is 6.42 Å². The highest BCUT2D eigenvalue weighted by Gasteiger charge is 2.30. The number of nitrogens with zero attached hydrogens (tertiary/aromatic N) is 3. The normalized spacial score (nSPS) is 11.8. The molecule has 0 aliphatic carbocycles. The van der Waals surface area contributed by atoms with E-state index in [1.54, 1.807) is 0 Å². The maximum Gasteiger partial charge on any atom is 0.396 e. The Morgan fingerprint density at radius 2 is 2.19 bits per heavy atom. The van der Waals surface area contributed by atoms with Crippen molar-refractivity contribution < 1.29 is 23.1 Å². The molecule has 0 aliphatic heterocycles. The molecule has 1 N–H and O–H groups in total. The standard InChI is InChI=1S/C7H8F3N3O2S/c1-13-6(16-3-5(14)15)11-4(12-13)2-7(8,9)10/h2-3H2,1H3,(H,14,15). The number of carboxylic acid groups (broad SMARTS) is 1. The van der Waals surface area contributed by atoms with E-state index in [9.17, 15) is 18.0 Å². The van der Waals surface area contributed by atoms with Gasteiger partial charge in [-0.05, 0) is 0 Å². The molecule has 0 unspecified atom stereocenters. The second-order valence-electron chi connectivity index (χ2n) is 2.91. The van der Waals surface area contributed by atoms with Crippen LogP contribution in [-0.2, 0) is 18.3 Å². The molecule has 0 radical (unpaired) electrons. The lowest BCUT2D eigenvalue weighted by molar-refractivity contribution is -0.134. The SMILES string of the molecule is Cn1nc(CC(F)(F)F)nc1SCC(=O)O. The van der Waals surface area contributed by atoms with Crippen molar-refractivity contribution in [1.29, 1.82) is 0 Å². The van der Waals surface area contributed by atoms with Gasteiger partial charge in [0.25, 0.3) is 0 Å². The Balaban J connectivity index is 2.70. The van der Waals surface area contributed by atoms with E-state index in [0.29, 0.717) is 0 Å². The van der Waals surface area contributed by atoms with Crippen molar-refractivity contribution in [3.63, 3.8) is 0 Å². The first kappa shape index (κ1) is 12.8. The van der Waals surface area contributed by atoms with E-state index < -0.39 is 18.6 Å². The largest absolute Gasteiger partial charge is 0.481 e. The zero-order valence-electron chi connectivity index (χ0n) is 8.15. The number of hydrogen-bond acceptors (Lipinski definition) is 4. The molecule has 0 spiro atoms. The predicted molar refractivity (Wildman–Crippen MR) is 49.1 cm³/mol. The van der Waals surface area contributed by atoms with E-state index >= 15 is 0 Å². The number of aromatic nitrogens is 3. The van der Waals surface area contributed by atoms with E-state index in [0.717, 1.165) is 16.4 Å². The Morgan fingerprint density at radius 1 is 1.56 bits per heavy atom. The summed E-state index contributed by atoms with van der Waals surface area (Å²) in [4.78, 5) is 13.9. The van der Waals surface area contributed by atoms with Gasteiger partial charge in [0.15, 0.2) is 11.0 Å². The smallest absolute Gasteiger partial charge is 0.396 e. The van der Waals surface area contributed by atoms with Crippen LogP contribution in [0.15, 0.2) is 5.16 Å². The Kier molecular flexibility index (Phi) is 3.79. The van der Waals surface area contributed by atoms with Crippen LogP contribution in [0.3, 0.4) is 0 Å². The molecule has 0 amide bonds. The van der Waals surface area contributed by atoms with Gasteiger partial charge >= 0.3 is 12.1 Å². The molecule has 5 nitrogen and oxygen atoms in total. The van der Waals surface area contributed by atoms with Crippen molar-refractivity contribution in [3.8, 4) is 0 Å². The molecule has 0 saturated carbocycles. The first-order chi connectivity index (χ1) is 7.28. The summed E-state index contributed by atoms with van der Waals surface area (Å²) in [5.41, 5.74) is 0. The molecule has 0 fully saturated rings. The van der Waals surface area contributed by atoms with Crippen LogP contribution in [0.4, 0.5) is 13.2 Å². The summed E-state index contributed by atoms with van der Waals surface area (Å²) in [6.07, 6.45) is -5.58. The summed E-state index contributed by atoms with van der Waals surface area (Å²) in [6.45, 7) is 0. The minimum absolute atomic E-state index is 0.154. The fraction of sp³-hybridized carbons (Fsp3) is 0.571. The Morgan fingerprint density at radius 3 is 2.69 bits per heavy atom. The second-order valence-corrected chi connectivity index (χ2v) is 3.85. The van der Waals surface area contributed by atoms with Crippen molar-refractivity contribution in [3.05, 3.63) is 5.82 Å². The van der Waals surface area contributed by atoms with Crippen LogP contribution in [-0.4, -0.2) is 37.8 Å². The van der Waals surface area contributed by atoms with Crippen LogP contribution < -0.4 is 0 Å². The van der Waals surface area contributed by atoms with Crippen LogP contribution in [0.2, 0.25) is 0 Å². The Labute approximate surface area is 92.7 Å². The molecule has 16 heavy (non-hydrogen) atoms. The zero-order valence-corrected chi connectivity index (χ0v) is 8.97. The molecule has 1 aromatic heterocycles. The van der Waals surface area contributed by atoms with Gasteiger partial charge in [-0.3, -0.25) is 4.79 Å². The van der Waals surface area contributed by atoms with Gasteiger partial charge < -0.3 is 5.11 Å². The highest BCUT2D eigenvalue weighted by molar-refractivity contribution is 7.99. The highest BCUT2D eigenvalue weighted by Crippen LogP contribution is 2.21. The first-order valence-electron chi connectivity index (χ1n) is 4.09. The molecule has 0 aromatic carbocycles.